The zero-order valence-corrected chi connectivity index (χ0v) is 11.7. The van der Waals surface area contributed by atoms with Crippen molar-refractivity contribution >= 4 is 5.97 Å². The fourth-order valence-electron chi connectivity index (χ4n) is 2.60. The van der Waals surface area contributed by atoms with Crippen molar-refractivity contribution in [3.05, 3.63) is 29.3 Å². The van der Waals surface area contributed by atoms with Gasteiger partial charge >= 0.3 is 5.97 Å². The van der Waals surface area contributed by atoms with Crippen molar-refractivity contribution in [3.63, 3.8) is 0 Å². The molecule has 0 fully saturated rings. The second-order valence-electron chi connectivity index (χ2n) is 5.86. The van der Waals surface area contributed by atoms with Crippen LogP contribution in [0.25, 0.3) is 0 Å². The summed E-state index contributed by atoms with van der Waals surface area (Å²) in [6.45, 7) is 3.91. The Bertz CT molecular complexity index is 463. The molecule has 104 valence electrons. The largest absolute Gasteiger partial charge is 0.488 e. The number of aliphatic carboxylic acids is 1. The highest BCUT2D eigenvalue weighted by Gasteiger charge is 2.23. The van der Waals surface area contributed by atoms with Gasteiger partial charge in [0.1, 0.15) is 11.4 Å². The van der Waals surface area contributed by atoms with Crippen molar-refractivity contribution in [2.75, 3.05) is 0 Å². The number of carboxylic acid groups (broad SMARTS) is 1. The van der Waals surface area contributed by atoms with E-state index in [1.54, 1.807) is 0 Å². The minimum Gasteiger partial charge on any atom is -0.488 e. The topological polar surface area (TPSA) is 46.5 Å². The van der Waals surface area contributed by atoms with Crippen LogP contribution < -0.4 is 4.74 Å². The minimum atomic E-state index is -0.772. The molecule has 1 N–H and O–H groups in total. The maximum Gasteiger partial charge on any atom is 0.303 e. The molecule has 1 aliphatic rings. The standard InChI is InChI=1S/C16H22O3/c1-16(2,11-10-15(17)18)19-14-9-5-7-12-6-3-4-8-13(12)14/h5,7,9H,3-4,6,8,10-11H2,1-2H3,(H,17,18). The van der Waals surface area contributed by atoms with Crippen LogP contribution in [-0.2, 0) is 17.6 Å². The molecule has 2 rings (SSSR count). The highest BCUT2D eigenvalue weighted by atomic mass is 16.5. The molecule has 0 aromatic heterocycles. The van der Waals surface area contributed by atoms with E-state index in [1.165, 1.54) is 24.0 Å². The van der Waals surface area contributed by atoms with Crippen LogP contribution in [0.4, 0.5) is 0 Å². The van der Waals surface area contributed by atoms with Crippen LogP contribution in [0.1, 0.15) is 50.7 Å². The van der Waals surface area contributed by atoms with Gasteiger partial charge in [-0.05, 0) is 63.1 Å². The van der Waals surface area contributed by atoms with E-state index in [0.717, 1.165) is 18.6 Å². The van der Waals surface area contributed by atoms with Gasteiger partial charge in [0.15, 0.2) is 0 Å². The van der Waals surface area contributed by atoms with Crippen LogP contribution in [-0.4, -0.2) is 16.7 Å². The number of benzene rings is 1. The van der Waals surface area contributed by atoms with Crippen LogP contribution in [0.3, 0.4) is 0 Å². The van der Waals surface area contributed by atoms with Gasteiger partial charge in [-0.25, -0.2) is 0 Å². The van der Waals surface area contributed by atoms with Crippen LogP contribution in [0.2, 0.25) is 0 Å². The molecule has 1 aromatic rings. The van der Waals surface area contributed by atoms with E-state index >= 15 is 0 Å². The number of carboxylic acids is 1. The Morgan fingerprint density at radius 1 is 1.32 bits per heavy atom. The molecule has 0 saturated carbocycles. The number of carbonyl (C=O) groups is 1. The van der Waals surface area contributed by atoms with E-state index in [1.807, 2.05) is 26.0 Å². The lowest BCUT2D eigenvalue weighted by Gasteiger charge is -2.29. The van der Waals surface area contributed by atoms with Crippen LogP contribution >= 0.6 is 0 Å². The highest BCUT2D eigenvalue weighted by Crippen LogP contribution is 2.32. The summed E-state index contributed by atoms with van der Waals surface area (Å²) in [4.78, 5) is 10.7. The molecule has 0 amide bonds. The fourth-order valence-corrected chi connectivity index (χ4v) is 2.60. The second kappa shape index (κ2) is 5.64. The van der Waals surface area contributed by atoms with Crippen molar-refractivity contribution < 1.29 is 14.6 Å². The van der Waals surface area contributed by atoms with Crippen molar-refractivity contribution in [1.82, 2.24) is 0 Å². The summed E-state index contributed by atoms with van der Waals surface area (Å²) in [5.41, 5.74) is 2.26. The first-order valence-corrected chi connectivity index (χ1v) is 6.99. The third-order valence-electron chi connectivity index (χ3n) is 3.68. The van der Waals surface area contributed by atoms with E-state index in [0.29, 0.717) is 6.42 Å². The SMILES string of the molecule is CC(C)(CCC(=O)O)Oc1cccc2c1CCCC2. The van der Waals surface area contributed by atoms with Crippen molar-refractivity contribution in [1.29, 1.82) is 0 Å². The molecule has 0 spiro atoms. The predicted molar refractivity (Wildman–Crippen MR) is 74.7 cm³/mol. The van der Waals surface area contributed by atoms with Crippen molar-refractivity contribution in [3.8, 4) is 5.75 Å². The first-order valence-electron chi connectivity index (χ1n) is 6.99. The van der Waals surface area contributed by atoms with Gasteiger partial charge in [-0.15, -0.1) is 0 Å². The fraction of sp³-hybridized carbons (Fsp3) is 0.562. The van der Waals surface area contributed by atoms with Gasteiger partial charge in [0.05, 0.1) is 0 Å². The summed E-state index contributed by atoms with van der Waals surface area (Å²) in [7, 11) is 0. The molecule has 0 aliphatic heterocycles. The Kier molecular flexibility index (Phi) is 4.13. The lowest BCUT2D eigenvalue weighted by Crippen LogP contribution is -2.29. The lowest BCUT2D eigenvalue weighted by atomic mass is 9.91. The van der Waals surface area contributed by atoms with Gasteiger partial charge in [0.25, 0.3) is 0 Å². The molecule has 0 saturated heterocycles. The van der Waals surface area contributed by atoms with E-state index in [2.05, 4.69) is 6.07 Å². The summed E-state index contributed by atoms with van der Waals surface area (Å²) in [6.07, 6.45) is 5.32. The molecule has 0 bridgehead atoms. The average molecular weight is 262 g/mol. The summed E-state index contributed by atoms with van der Waals surface area (Å²) < 4.78 is 6.09. The molecule has 3 nitrogen and oxygen atoms in total. The van der Waals surface area contributed by atoms with E-state index in [9.17, 15) is 4.79 Å². The van der Waals surface area contributed by atoms with Crippen LogP contribution in [0.5, 0.6) is 5.75 Å². The predicted octanol–water partition coefficient (Wildman–Crippen LogP) is 3.59. The quantitative estimate of drug-likeness (QED) is 0.882. The van der Waals surface area contributed by atoms with Gasteiger partial charge in [-0.1, -0.05) is 12.1 Å². The van der Waals surface area contributed by atoms with E-state index < -0.39 is 11.6 Å². The minimum absolute atomic E-state index is 0.141. The summed E-state index contributed by atoms with van der Waals surface area (Å²) in [5, 5.41) is 8.78. The first-order chi connectivity index (χ1) is 8.98. The molecule has 3 heteroatoms. The Hall–Kier alpha value is -1.51. The normalized spacial score (nSPS) is 14.8. The van der Waals surface area contributed by atoms with Gasteiger partial charge < -0.3 is 9.84 Å². The third kappa shape index (κ3) is 3.72. The molecule has 19 heavy (non-hydrogen) atoms. The summed E-state index contributed by atoms with van der Waals surface area (Å²) in [6, 6.07) is 6.21. The molecule has 0 atom stereocenters. The number of rotatable bonds is 5. The Morgan fingerprint density at radius 3 is 2.79 bits per heavy atom. The number of fused-ring (bicyclic) bond motifs is 1. The Morgan fingerprint density at radius 2 is 2.05 bits per heavy atom. The maximum absolute atomic E-state index is 10.7. The van der Waals surface area contributed by atoms with Gasteiger partial charge in [0.2, 0.25) is 0 Å². The van der Waals surface area contributed by atoms with Crippen LogP contribution in [0, 0.1) is 0 Å². The van der Waals surface area contributed by atoms with Crippen molar-refractivity contribution in [2.45, 2.75) is 58.0 Å². The third-order valence-corrected chi connectivity index (χ3v) is 3.68. The number of aryl methyl sites for hydroxylation is 1. The number of hydrogen-bond acceptors (Lipinski definition) is 2. The molecule has 1 aliphatic carbocycles. The van der Waals surface area contributed by atoms with Gasteiger partial charge in [-0.2, -0.15) is 0 Å². The maximum atomic E-state index is 10.7. The second-order valence-corrected chi connectivity index (χ2v) is 5.86. The first kappa shape index (κ1) is 13.9. The zero-order chi connectivity index (χ0) is 13.9. The molecule has 0 radical (unpaired) electrons. The lowest BCUT2D eigenvalue weighted by molar-refractivity contribution is -0.138. The van der Waals surface area contributed by atoms with E-state index in [4.69, 9.17) is 9.84 Å². The monoisotopic (exact) mass is 262 g/mol. The van der Waals surface area contributed by atoms with E-state index in [-0.39, 0.29) is 6.42 Å². The smallest absolute Gasteiger partial charge is 0.303 e. The molecule has 0 heterocycles. The molecule has 0 unspecified atom stereocenters. The number of hydrogen-bond donors (Lipinski definition) is 1. The summed E-state index contributed by atoms with van der Waals surface area (Å²) >= 11 is 0. The summed E-state index contributed by atoms with van der Waals surface area (Å²) in [5.74, 6) is 0.166. The molecular weight excluding hydrogens is 240 g/mol. The average Bonchev–Trinajstić information content (AvgIpc) is 2.37. The Labute approximate surface area is 114 Å². The van der Waals surface area contributed by atoms with Gasteiger partial charge in [0, 0.05) is 6.42 Å². The zero-order valence-electron chi connectivity index (χ0n) is 11.7. The number of ether oxygens (including phenoxy) is 1. The molecule has 1 aromatic carbocycles. The highest BCUT2D eigenvalue weighted by molar-refractivity contribution is 5.66. The Balaban J connectivity index is 2.12. The van der Waals surface area contributed by atoms with Crippen molar-refractivity contribution in [2.24, 2.45) is 0 Å². The van der Waals surface area contributed by atoms with Gasteiger partial charge in [-0.3, -0.25) is 4.79 Å². The van der Waals surface area contributed by atoms with Crippen LogP contribution in [0.15, 0.2) is 18.2 Å². The molecular formula is C16H22O3.